The van der Waals surface area contributed by atoms with Gasteiger partial charge in [0.1, 0.15) is 5.78 Å². The maximum absolute atomic E-state index is 11.7. The molecule has 0 N–H and O–H groups in total. The molecule has 2 rings (SSSR count). The van der Waals surface area contributed by atoms with E-state index in [1.54, 1.807) is 7.11 Å². The van der Waals surface area contributed by atoms with Gasteiger partial charge < -0.3 is 4.74 Å². The number of methoxy groups -OCH3 is 1. The Morgan fingerprint density at radius 2 is 2.07 bits per heavy atom. The van der Waals surface area contributed by atoms with Crippen molar-refractivity contribution in [3.05, 3.63) is 0 Å². The van der Waals surface area contributed by atoms with Gasteiger partial charge in [0.05, 0.1) is 12.1 Å². The Kier molecular flexibility index (Phi) is 3.76. The summed E-state index contributed by atoms with van der Waals surface area (Å²) < 4.78 is 5.40. The van der Waals surface area contributed by atoms with E-state index in [-0.39, 0.29) is 6.04 Å². The van der Waals surface area contributed by atoms with Gasteiger partial charge in [-0.3, -0.25) is 9.69 Å². The first-order valence-corrected chi connectivity index (χ1v) is 6.11. The van der Waals surface area contributed by atoms with Crippen molar-refractivity contribution in [3.63, 3.8) is 0 Å². The standard InChI is InChI=1S/C12H21NO2/c1-15-10-4-3-8-13(9-7-10)11-5-2-6-12(11)14/h10-11H,2-9H2,1H3. The minimum atomic E-state index is 0.237. The van der Waals surface area contributed by atoms with Crippen LogP contribution in [0.5, 0.6) is 0 Å². The average molecular weight is 211 g/mol. The summed E-state index contributed by atoms with van der Waals surface area (Å²) in [6.07, 6.45) is 6.78. The van der Waals surface area contributed by atoms with Gasteiger partial charge in [0.25, 0.3) is 0 Å². The first-order chi connectivity index (χ1) is 7.31. The zero-order valence-electron chi connectivity index (χ0n) is 9.58. The van der Waals surface area contributed by atoms with Crippen LogP contribution in [0.15, 0.2) is 0 Å². The van der Waals surface area contributed by atoms with E-state index in [1.165, 1.54) is 6.42 Å². The zero-order chi connectivity index (χ0) is 10.7. The van der Waals surface area contributed by atoms with Crippen LogP contribution in [-0.2, 0) is 9.53 Å². The molecule has 0 spiro atoms. The molecule has 0 aromatic heterocycles. The largest absolute Gasteiger partial charge is 0.381 e. The first kappa shape index (κ1) is 11.1. The molecule has 2 unspecified atom stereocenters. The molecule has 1 heterocycles. The third kappa shape index (κ3) is 2.58. The van der Waals surface area contributed by atoms with E-state index in [2.05, 4.69) is 4.90 Å². The molecule has 2 atom stereocenters. The van der Waals surface area contributed by atoms with Crippen LogP contribution in [0.1, 0.15) is 38.5 Å². The molecule has 1 saturated carbocycles. The highest BCUT2D eigenvalue weighted by molar-refractivity contribution is 5.85. The quantitative estimate of drug-likeness (QED) is 0.695. The fourth-order valence-electron chi connectivity index (χ4n) is 2.82. The van der Waals surface area contributed by atoms with Crippen molar-refractivity contribution in [2.45, 2.75) is 50.7 Å². The second kappa shape index (κ2) is 5.08. The third-order valence-corrected chi connectivity index (χ3v) is 3.76. The molecule has 0 amide bonds. The van der Waals surface area contributed by atoms with Gasteiger partial charge in [-0.2, -0.15) is 0 Å². The number of hydrogen-bond donors (Lipinski definition) is 0. The van der Waals surface area contributed by atoms with Gasteiger partial charge in [0.15, 0.2) is 0 Å². The topological polar surface area (TPSA) is 29.5 Å². The van der Waals surface area contributed by atoms with Crippen LogP contribution in [0.25, 0.3) is 0 Å². The van der Waals surface area contributed by atoms with E-state index in [1.807, 2.05) is 0 Å². The molecule has 3 heteroatoms. The molecule has 15 heavy (non-hydrogen) atoms. The average Bonchev–Trinajstić information content (AvgIpc) is 2.54. The number of ether oxygens (including phenoxy) is 1. The summed E-state index contributed by atoms with van der Waals surface area (Å²) in [6.45, 7) is 2.12. The highest BCUT2D eigenvalue weighted by Gasteiger charge is 2.31. The second-order valence-corrected chi connectivity index (χ2v) is 4.70. The number of nitrogens with zero attached hydrogens (tertiary/aromatic N) is 1. The predicted octanol–water partition coefficient (Wildman–Crippen LogP) is 1.61. The van der Waals surface area contributed by atoms with Crippen LogP contribution < -0.4 is 0 Å². The normalized spacial score (nSPS) is 34.3. The number of ketones is 1. The number of rotatable bonds is 2. The molecule has 1 saturated heterocycles. The SMILES string of the molecule is COC1CCCN(C2CCCC2=O)CC1. The molecule has 0 bridgehead atoms. The number of Topliss-reactive ketones (excluding diaryl/α,β-unsaturated/α-hetero) is 1. The first-order valence-electron chi connectivity index (χ1n) is 6.11. The maximum atomic E-state index is 11.7. The van der Waals surface area contributed by atoms with Crippen LogP contribution in [0.4, 0.5) is 0 Å². The van der Waals surface area contributed by atoms with Gasteiger partial charge in [0, 0.05) is 20.1 Å². The van der Waals surface area contributed by atoms with Gasteiger partial charge in [-0.05, 0) is 38.6 Å². The van der Waals surface area contributed by atoms with Crippen molar-refractivity contribution < 1.29 is 9.53 Å². The Morgan fingerprint density at radius 3 is 2.73 bits per heavy atom. The van der Waals surface area contributed by atoms with Gasteiger partial charge in [0.2, 0.25) is 0 Å². The molecule has 1 aliphatic heterocycles. The highest BCUT2D eigenvalue weighted by atomic mass is 16.5. The number of carbonyl (C=O) groups is 1. The van der Waals surface area contributed by atoms with Crippen molar-refractivity contribution >= 4 is 5.78 Å². The number of likely N-dealkylation sites (tertiary alicyclic amines) is 1. The van der Waals surface area contributed by atoms with E-state index >= 15 is 0 Å². The summed E-state index contributed by atoms with van der Waals surface area (Å²) in [7, 11) is 1.79. The van der Waals surface area contributed by atoms with Crippen LogP contribution in [0.2, 0.25) is 0 Å². The second-order valence-electron chi connectivity index (χ2n) is 4.70. The Hall–Kier alpha value is -0.410. The van der Waals surface area contributed by atoms with Gasteiger partial charge in [-0.1, -0.05) is 0 Å². The van der Waals surface area contributed by atoms with E-state index in [4.69, 9.17) is 4.74 Å². The van der Waals surface area contributed by atoms with E-state index in [0.717, 1.165) is 45.2 Å². The molecule has 0 aromatic carbocycles. The summed E-state index contributed by atoms with van der Waals surface area (Å²) >= 11 is 0. The van der Waals surface area contributed by atoms with Crippen molar-refractivity contribution in [1.29, 1.82) is 0 Å². The van der Waals surface area contributed by atoms with Crippen LogP contribution in [0.3, 0.4) is 0 Å². The fourth-order valence-corrected chi connectivity index (χ4v) is 2.82. The number of carbonyl (C=O) groups excluding carboxylic acids is 1. The molecule has 0 radical (unpaired) electrons. The Labute approximate surface area is 91.8 Å². The Balaban J connectivity index is 1.90. The highest BCUT2D eigenvalue weighted by Crippen LogP contribution is 2.23. The van der Waals surface area contributed by atoms with Crippen molar-refractivity contribution in [2.75, 3.05) is 20.2 Å². The Bertz CT molecular complexity index is 230. The monoisotopic (exact) mass is 211 g/mol. The lowest BCUT2D eigenvalue weighted by atomic mass is 10.2. The summed E-state index contributed by atoms with van der Waals surface area (Å²) in [5.41, 5.74) is 0. The van der Waals surface area contributed by atoms with Gasteiger partial charge >= 0.3 is 0 Å². The van der Waals surface area contributed by atoms with Crippen LogP contribution in [-0.4, -0.2) is 43.0 Å². The van der Waals surface area contributed by atoms with E-state index < -0.39 is 0 Å². The molecule has 0 aromatic rings. The smallest absolute Gasteiger partial charge is 0.149 e. The summed E-state index contributed by atoms with van der Waals surface area (Å²) in [6, 6.07) is 0.237. The minimum Gasteiger partial charge on any atom is -0.381 e. The summed E-state index contributed by atoms with van der Waals surface area (Å²) in [5, 5.41) is 0. The summed E-state index contributed by atoms with van der Waals surface area (Å²) in [4.78, 5) is 14.0. The van der Waals surface area contributed by atoms with Crippen molar-refractivity contribution in [1.82, 2.24) is 4.90 Å². The van der Waals surface area contributed by atoms with Crippen LogP contribution in [0, 0.1) is 0 Å². The fraction of sp³-hybridized carbons (Fsp3) is 0.917. The third-order valence-electron chi connectivity index (χ3n) is 3.76. The molecular weight excluding hydrogens is 190 g/mol. The summed E-state index contributed by atoms with van der Waals surface area (Å²) in [5.74, 6) is 0.464. The molecule has 2 aliphatic rings. The van der Waals surface area contributed by atoms with Crippen molar-refractivity contribution in [2.24, 2.45) is 0 Å². The van der Waals surface area contributed by atoms with Crippen molar-refractivity contribution in [3.8, 4) is 0 Å². The molecule has 86 valence electrons. The lowest BCUT2D eigenvalue weighted by molar-refractivity contribution is -0.121. The maximum Gasteiger partial charge on any atom is 0.149 e. The lowest BCUT2D eigenvalue weighted by Crippen LogP contribution is -2.39. The Morgan fingerprint density at radius 1 is 1.20 bits per heavy atom. The minimum absolute atomic E-state index is 0.237. The van der Waals surface area contributed by atoms with Gasteiger partial charge in [-0.15, -0.1) is 0 Å². The molecule has 2 fully saturated rings. The number of hydrogen-bond acceptors (Lipinski definition) is 3. The van der Waals surface area contributed by atoms with E-state index in [0.29, 0.717) is 11.9 Å². The van der Waals surface area contributed by atoms with Crippen LogP contribution >= 0.6 is 0 Å². The van der Waals surface area contributed by atoms with Gasteiger partial charge in [-0.25, -0.2) is 0 Å². The predicted molar refractivity (Wildman–Crippen MR) is 58.9 cm³/mol. The lowest BCUT2D eigenvalue weighted by Gasteiger charge is -2.25. The molecule has 3 nitrogen and oxygen atoms in total. The zero-order valence-corrected chi connectivity index (χ0v) is 9.58. The van der Waals surface area contributed by atoms with E-state index in [9.17, 15) is 4.79 Å². The molecule has 1 aliphatic carbocycles. The molecular formula is C12H21NO2.